The van der Waals surface area contributed by atoms with Crippen LogP contribution in [0.2, 0.25) is 0 Å². The third kappa shape index (κ3) is 1.60. The second-order valence-electron chi connectivity index (χ2n) is 4.00. The topological polar surface area (TPSA) is 119 Å². The molecule has 20 heavy (non-hydrogen) atoms. The Bertz CT molecular complexity index is 915. The molecule has 0 amide bonds. The van der Waals surface area contributed by atoms with E-state index in [-0.39, 0.29) is 0 Å². The Morgan fingerprint density at radius 2 is 2.00 bits per heavy atom. The number of anilines is 1. The van der Waals surface area contributed by atoms with Crippen LogP contribution in [-0.2, 0) is 0 Å². The van der Waals surface area contributed by atoms with Crippen molar-refractivity contribution in [3.63, 3.8) is 0 Å². The lowest BCUT2D eigenvalue weighted by Crippen LogP contribution is -1.89. The fraction of sp³-hybridized carbons (Fsp3) is 0. The van der Waals surface area contributed by atoms with Gasteiger partial charge >= 0.3 is 0 Å². The Hall–Kier alpha value is -2.68. The monoisotopic (exact) mass is 285 g/mol. The zero-order valence-electron chi connectivity index (χ0n) is 9.94. The molecule has 4 aromatic rings. The van der Waals surface area contributed by atoms with Crippen LogP contribution in [0.15, 0.2) is 39.3 Å². The average Bonchev–Trinajstić information content (AvgIpc) is 3.10. The van der Waals surface area contributed by atoms with Crippen LogP contribution in [0, 0.1) is 0 Å². The van der Waals surface area contributed by atoms with Gasteiger partial charge in [0.15, 0.2) is 16.7 Å². The molecule has 3 aromatic heterocycles. The molecule has 0 atom stereocenters. The van der Waals surface area contributed by atoms with Crippen LogP contribution in [0.5, 0.6) is 0 Å². The van der Waals surface area contributed by atoms with Crippen molar-refractivity contribution in [2.24, 2.45) is 0 Å². The zero-order valence-corrected chi connectivity index (χ0v) is 10.8. The van der Waals surface area contributed by atoms with Crippen molar-refractivity contribution in [1.82, 2.24) is 30.2 Å². The van der Waals surface area contributed by atoms with Crippen molar-refractivity contribution in [3.8, 4) is 0 Å². The number of hydrogen-bond donors (Lipinski definition) is 2. The fourth-order valence-electron chi connectivity index (χ4n) is 1.87. The number of rotatable bonds is 2. The summed E-state index contributed by atoms with van der Waals surface area (Å²) in [5.41, 5.74) is 8.90. The first-order chi connectivity index (χ1) is 9.83. The lowest BCUT2D eigenvalue weighted by molar-refractivity contribution is 0.315. The molecule has 0 unspecified atom stereocenters. The maximum atomic E-state index is 5.82. The molecule has 0 radical (unpaired) electrons. The Morgan fingerprint density at radius 3 is 2.95 bits per heavy atom. The van der Waals surface area contributed by atoms with Gasteiger partial charge in [0.05, 0.1) is 12.0 Å². The van der Waals surface area contributed by atoms with Gasteiger partial charge in [0.1, 0.15) is 16.9 Å². The molecule has 1 aromatic carbocycles. The van der Waals surface area contributed by atoms with E-state index in [1.807, 2.05) is 6.07 Å². The normalized spacial score (nSPS) is 11.4. The summed E-state index contributed by atoms with van der Waals surface area (Å²) >= 11 is 1.42. The molecule has 3 N–H and O–H groups in total. The van der Waals surface area contributed by atoms with E-state index in [9.17, 15) is 0 Å². The van der Waals surface area contributed by atoms with Gasteiger partial charge in [0.25, 0.3) is 0 Å². The molecule has 0 bridgehead atoms. The van der Waals surface area contributed by atoms with Crippen molar-refractivity contribution < 1.29 is 4.63 Å². The van der Waals surface area contributed by atoms with E-state index in [2.05, 4.69) is 30.2 Å². The molecule has 0 spiro atoms. The number of nitrogens with one attached hydrogen (secondary N) is 1. The molecule has 0 aliphatic heterocycles. The van der Waals surface area contributed by atoms with Crippen molar-refractivity contribution >= 4 is 39.6 Å². The SMILES string of the molecule is Nc1ccc(Sc2ncnc3nc[nH]c23)c2nonc12. The number of aromatic nitrogens is 6. The highest BCUT2D eigenvalue weighted by atomic mass is 32.2. The van der Waals surface area contributed by atoms with Crippen LogP contribution in [0.1, 0.15) is 0 Å². The van der Waals surface area contributed by atoms with Gasteiger partial charge in [-0.15, -0.1) is 0 Å². The van der Waals surface area contributed by atoms with Gasteiger partial charge in [-0.25, -0.2) is 19.6 Å². The number of hydrogen-bond acceptors (Lipinski definition) is 8. The minimum Gasteiger partial charge on any atom is -0.397 e. The van der Waals surface area contributed by atoms with Gasteiger partial charge in [0.2, 0.25) is 0 Å². The number of fused-ring (bicyclic) bond motifs is 2. The largest absolute Gasteiger partial charge is 0.397 e. The number of aromatic amines is 1. The van der Waals surface area contributed by atoms with Crippen LogP contribution in [0.25, 0.3) is 22.2 Å². The molecule has 9 heteroatoms. The Labute approximate surface area is 115 Å². The lowest BCUT2D eigenvalue weighted by atomic mass is 10.3. The van der Waals surface area contributed by atoms with Crippen molar-refractivity contribution in [1.29, 1.82) is 0 Å². The summed E-state index contributed by atoms with van der Waals surface area (Å²) in [6.07, 6.45) is 3.06. The minimum absolute atomic E-state index is 0.528. The van der Waals surface area contributed by atoms with Crippen LogP contribution < -0.4 is 5.73 Å². The van der Waals surface area contributed by atoms with Crippen LogP contribution in [0.3, 0.4) is 0 Å². The van der Waals surface area contributed by atoms with Crippen LogP contribution in [0.4, 0.5) is 5.69 Å². The number of imidazole rings is 1. The van der Waals surface area contributed by atoms with E-state index in [1.54, 1.807) is 12.4 Å². The van der Waals surface area contributed by atoms with Gasteiger partial charge in [-0.1, -0.05) is 11.8 Å². The number of H-pyrrole nitrogens is 1. The smallest absolute Gasteiger partial charge is 0.181 e. The maximum Gasteiger partial charge on any atom is 0.181 e. The van der Waals surface area contributed by atoms with Crippen molar-refractivity contribution in [2.45, 2.75) is 9.92 Å². The van der Waals surface area contributed by atoms with E-state index in [0.717, 1.165) is 15.4 Å². The van der Waals surface area contributed by atoms with Crippen molar-refractivity contribution in [2.75, 3.05) is 5.73 Å². The summed E-state index contributed by atoms with van der Waals surface area (Å²) in [6, 6.07) is 3.62. The predicted molar refractivity (Wildman–Crippen MR) is 72.0 cm³/mol. The number of nitrogens with zero attached hydrogens (tertiary/aromatic N) is 5. The molecule has 0 saturated heterocycles. The molecule has 4 rings (SSSR count). The highest BCUT2D eigenvalue weighted by molar-refractivity contribution is 7.99. The Balaban J connectivity index is 1.87. The van der Waals surface area contributed by atoms with Crippen molar-refractivity contribution in [3.05, 3.63) is 24.8 Å². The minimum atomic E-state index is 0.528. The average molecular weight is 285 g/mol. The third-order valence-electron chi connectivity index (χ3n) is 2.80. The highest BCUT2D eigenvalue weighted by Gasteiger charge is 2.14. The Morgan fingerprint density at radius 1 is 1.10 bits per heavy atom. The fourth-order valence-corrected chi connectivity index (χ4v) is 2.80. The molecule has 0 aliphatic rings. The lowest BCUT2D eigenvalue weighted by Gasteiger charge is -2.02. The van der Waals surface area contributed by atoms with Gasteiger partial charge in [0, 0.05) is 4.90 Å². The van der Waals surface area contributed by atoms with Gasteiger partial charge in [-0.05, 0) is 22.4 Å². The second-order valence-corrected chi connectivity index (χ2v) is 5.03. The van der Waals surface area contributed by atoms with E-state index in [4.69, 9.17) is 10.4 Å². The van der Waals surface area contributed by atoms with Crippen LogP contribution in [-0.4, -0.2) is 30.2 Å². The summed E-state index contributed by atoms with van der Waals surface area (Å²) < 4.78 is 4.75. The maximum absolute atomic E-state index is 5.82. The van der Waals surface area contributed by atoms with E-state index in [0.29, 0.717) is 22.4 Å². The summed E-state index contributed by atoms with van der Waals surface area (Å²) in [4.78, 5) is 16.3. The first-order valence-electron chi connectivity index (χ1n) is 5.65. The second kappa shape index (κ2) is 4.17. The molecule has 0 fully saturated rings. The predicted octanol–water partition coefficient (Wildman–Crippen LogP) is 1.62. The summed E-state index contributed by atoms with van der Waals surface area (Å²) in [5, 5.41) is 8.43. The molecule has 8 nitrogen and oxygen atoms in total. The zero-order chi connectivity index (χ0) is 13.5. The first kappa shape index (κ1) is 11.2. The quantitative estimate of drug-likeness (QED) is 0.421. The third-order valence-corrected chi connectivity index (χ3v) is 3.86. The Kier molecular flexibility index (Phi) is 2.33. The van der Waals surface area contributed by atoms with E-state index in [1.165, 1.54) is 18.1 Å². The van der Waals surface area contributed by atoms with Gasteiger partial charge < -0.3 is 10.7 Å². The van der Waals surface area contributed by atoms with Gasteiger partial charge in [-0.3, -0.25) is 0 Å². The summed E-state index contributed by atoms with van der Waals surface area (Å²) in [6.45, 7) is 0. The molecular formula is C11H7N7OS. The number of nitrogens with two attached hydrogens (primary N) is 1. The molecular weight excluding hydrogens is 278 g/mol. The standard InChI is InChI=1S/C11H7N7OS/c12-5-1-2-6(8-7(5)17-19-18-8)20-11-9-10(14-3-13-9)15-4-16-11/h1-4H,12H2,(H,13,14,15,16). The molecule has 3 heterocycles. The van der Waals surface area contributed by atoms with E-state index < -0.39 is 0 Å². The summed E-state index contributed by atoms with van der Waals surface area (Å²) in [5.74, 6) is 0. The van der Waals surface area contributed by atoms with Crippen LogP contribution >= 0.6 is 11.8 Å². The summed E-state index contributed by atoms with van der Waals surface area (Å²) in [7, 11) is 0. The van der Waals surface area contributed by atoms with E-state index >= 15 is 0 Å². The molecule has 0 aliphatic carbocycles. The number of nitrogen functional groups attached to an aromatic ring is 1. The molecule has 0 saturated carbocycles. The molecule has 98 valence electrons. The first-order valence-corrected chi connectivity index (χ1v) is 6.47. The number of benzene rings is 1. The highest BCUT2D eigenvalue weighted by Crippen LogP contribution is 2.35. The van der Waals surface area contributed by atoms with Gasteiger partial charge in [-0.2, -0.15) is 0 Å².